The van der Waals surface area contributed by atoms with Crippen LogP contribution in [0.5, 0.6) is 0 Å². The highest BCUT2D eigenvalue weighted by atomic mass is 127. The maximum absolute atomic E-state index is 12.7. The first-order chi connectivity index (χ1) is 15.2. The summed E-state index contributed by atoms with van der Waals surface area (Å²) < 4.78 is 5.47. The summed E-state index contributed by atoms with van der Waals surface area (Å²) in [5.41, 5.74) is 0. The van der Waals surface area contributed by atoms with Crippen LogP contribution in [0.3, 0.4) is 0 Å². The molecule has 0 saturated carbocycles. The SMILES string of the molecule is CN=C(NCCC(=O)N1CCN(c2ncccn2)CC1)N1CCC(N2CCOCC2)C1.I. The van der Waals surface area contributed by atoms with Gasteiger partial charge in [-0.2, -0.15) is 0 Å². The lowest BCUT2D eigenvalue weighted by molar-refractivity contribution is -0.131. The molecule has 1 atom stereocenters. The second kappa shape index (κ2) is 12.5. The molecule has 4 rings (SSSR count). The van der Waals surface area contributed by atoms with Crippen LogP contribution in [0, 0.1) is 0 Å². The number of guanidine groups is 1. The third kappa shape index (κ3) is 6.41. The zero-order chi connectivity index (χ0) is 21.5. The van der Waals surface area contributed by atoms with Crippen LogP contribution in [0.2, 0.25) is 0 Å². The fraction of sp³-hybridized carbons (Fsp3) is 0.714. The van der Waals surface area contributed by atoms with Crippen molar-refractivity contribution < 1.29 is 9.53 Å². The first-order valence-electron chi connectivity index (χ1n) is 11.3. The van der Waals surface area contributed by atoms with Crippen LogP contribution >= 0.6 is 24.0 Å². The number of aromatic nitrogens is 2. The van der Waals surface area contributed by atoms with Crippen molar-refractivity contribution in [2.24, 2.45) is 4.99 Å². The smallest absolute Gasteiger partial charge is 0.225 e. The number of ether oxygens (including phenoxy) is 1. The Morgan fingerprint density at radius 3 is 2.50 bits per heavy atom. The van der Waals surface area contributed by atoms with Gasteiger partial charge in [0.05, 0.1) is 13.2 Å². The Labute approximate surface area is 207 Å². The number of aliphatic imine (C=N–C) groups is 1. The van der Waals surface area contributed by atoms with E-state index in [9.17, 15) is 4.79 Å². The highest BCUT2D eigenvalue weighted by molar-refractivity contribution is 14.0. The number of piperazine rings is 1. The van der Waals surface area contributed by atoms with Crippen molar-refractivity contribution in [3.8, 4) is 0 Å². The molecule has 32 heavy (non-hydrogen) atoms. The first kappa shape index (κ1) is 24.9. The third-order valence-corrected chi connectivity index (χ3v) is 6.33. The lowest BCUT2D eigenvalue weighted by Crippen LogP contribution is -2.50. The molecule has 0 bridgehead atoms. The first-order valence-corrected chi connectivity index (χ1v) is 11.3. The molecule has 0 spiro atoms. The molecule has 10 nitrogen and oxygen atoms in total. The topological polar surface area (TPSA) is 89.4 Å². The Kier molecular flexibility index (Phi) is 9.72. The molecular formula is C21H35IN8O2. The van der Waals surface area contributed by atoms with E-state index in [0.29, 0.717) is 32.1 Å². The highest BCUT2D eigenvalue weighted by Crippen LogP contribution is 2.17. The van der Waals surface area contributed by atoms with E-state index in [2.05, 4.69) is 35.0 Å². The lowest BCUT2D eigenvalue weighted by Gasteiger charge is -2.34. The number of likely N-dealkylation sites (tertiary alicyclic amines) is 1. The Morgan fingerprint density at radius 2 is 1.81 bits per heavy atom. The van der Waals surface area contributed by atoms with Crippen molar-refractivity contribution in [2.75, 3.05) is 84.1 Å². The molecule has 1 amide bonds. The number of halogens is 1. The van der Waals surface area contributed by atoms with Gasteiger partial charge < -0.3 is 24.8 Å². The molecule has 1 N–H and O–H groups in total. The minimum absolute atomic E-state index is 0. The van der Waals surface area contributed by atoms with E-state index in [-0.39, 0.29) is 29.9 Å². The van der Waals surface area contributed by atoms with Crippen molar-refractivity contribution >= 4 is 41.8 Å². The van der Waals surface area contributed by atoms with E-state index in [0.717, 1.165) is 70.8 Å². The fourth-order valence-electron chi connectivity index (χ4n) is 4.56. The Balaban J connectivity index is 0.00000289. The molecule has 1 aromatic rings. The number of amides is 1. The highest BCUT2D eigenvalue weighted by Gasteiger charge is 2.30. The fourth-order valence-corrected chi connectivity index (χ4v) is 4.56. The summed E-state index contributed by atoms with van der Waals surface area (Å²) in [5.74, 6) is 1.82. The quantitative estimate of drug-likeness (QED) is 0.310. The van der Waals surface area contributed by atoms with Crippen molar-refractivity contribution in [1.82, 2.24) is 30.0 Å². The average Bonchev–Trinajstić information content (AvgIpc) is 3.33. The van der Waals surface area contributed by atoms with Gasteiger partial charge in [-0.05, 0) is 12.5 Å². The van der Waals surface area contributed by atoms with Crippen LogP contribution in [-0.4, -0.2) is 122 Å². The average molecular weight is 558 g/mol. The van der Waals surface area contributed by atoms with Crippen LogP contribution in [0.25, 0.3) is 0 Å². The molecule has 3 fully saturated rings. The summed E-state index contributed by atoms with van der Waals surface area (Å²) in [5, 5.41) is 3.39. The summed E-state index contributed by atoms with van der Waals surface area (Å²) >= 11 is 0. The third-order valence-electron chi connectivity index (χ3n) is 6.33. The zero-order valence-electron chi connectivity index (χ0n) is 18.9. The normalized spacial score (nSPS) is 22.6. The van der Waals surface area contributed by atoms with Gasteiger partial charge in [-0.1, -0.05) is 0 Å². The molecule has 0 radical (unpaired) electrons. The predicted molar refractivity (Wildman–Crippen MR) is 135 cm³/mol. The lowest BCUT2D eigenvalue weighted by atomic mass is 10.2. The van der Waals surface area contributed by atoms with Crippen LogP contribution < -0.4 is 10.2 Å². The van der Waals surface area contributed by atoms with E-state index >= 15 is 0 Å². The maximum Gasteiger partial charge on any atom is 0.225 e. The van der Waals surface area contributed by atoms with Gasteiger partial charge >= 0.3 is 0 Å². The van der Waals surface area contributed by atoms with Gasteiger partial charge in [0.1, 0.15) is 0 Å². The van der Waals surface area contributed by atoms with Crippen LogP contribution in [-0.2, 0) is 9.53 Å². The summed E-state index contributed by atoms with van der Waals surface area (Å²) in [6.07, 6.45) is 5.13. The second-order valence-electron chi connectivity index (χ2n) is 8.18. The largest absolute Gasteiger partial charge is 0.379 e. The van der Waals surface area contributed by atoms with Gasteiger partial charge in [-0.15, -0.1) is 24.0 Å². The number of anilines is 1. The number of morpholine rings is 1. The number of hydrogen-bond donors (Lipinski definition) is 1. The number of nitrogens with zero attached hydrogens (tertiary/aromatic N) is 7. The summed E-state index contributed by atoms with van der Waals surface area (Å²) in [4.78, 5) is 34.6. The molecule has 3 aliphatic rings. The van der Waals surface area contributed by atoms with Crippen molar-refractivity contribution in [3.63, 3.8) is 0 Å². The molecule has 1 unspecified atom stereocenters. The summed E-state index contributed by atoms with van der Waals surface area (Å²) in [6, 6.07) is 2.38. The molecule has 3 saturated heterocycles. The van der Waals surface area contributed by atoms with Gasteiger partial charge in [0.25, 0.3) is 0 Å². The summed E-state index contributed by atoms with van der Waals surface area (Å²) in [6.45, 7) is 9.23. The van der Waals surface area contributed by atoms with E-state index in [1.54, 1.807) is 12.4 Å². The maximum atomic E-state index is 12.7. The van der Waals surface area contributed by atoms with Gasteiger partial charge in [-0.3, -0.25) is 14.7 Å². The van der Waals surface area contributed by atoms with E-state index in [4.69, 9.17) is 4.74 Å². The Hall–Kier alpha value is -1.73. The number of nitrogens with one attached hydrogen (secondary N) is 1. The molecule has 11 heteroatoms. The molecule has 178 valence electrons. The standard InChI is InChI=1S/C21H34N8O2.HI/c1-22-20(29-8-4-18(17-29)26-13-15-31-16-14-26)25-7-3-19(30)27-9-11-28(12-10-27)21-23-5-2-6-24-21;/h2,5-6,18H,3-4,7-17H2,1H3,(H,22,25);1H. The van der Waals surface area contributed by atoms with Gasteiger partial charge in [0, 0.05) is 90.8 Å². The van der Waals surface area contributed by atoms with Crippen molar-refractivity contribution in [3.05, 3.63) is 18.5 Å². The Morgan fingerprint density at radius 1 is 1.09 bits per heavy atom. The monoisotopic (exact) mass is 558 g/mol. The second-order valence-corrected chi connectivity index (χ2v) is 8.18. The van der Waals surface area contributed by atoms with Gasteiger partial charge in [0.15, 0.2) is 5.96 Å². The van der Waals surface area contributed by atoms with E-state index < -0.39 is 0 Å². The van der Waals surface area contributed by atoms with E-state index in [1.807, 2.05) is 18.0 Å². The molecule has 1 aromatic heterocycles. The molecular weight excluding hydrogens is 523 g/mol. The van der Waals surface area contributed by atoms with Crippen LogP contribution in [0.4, 0.5) is 5.95 Å². The van der Waals surface area contributed by atoms with E-state index in [1.165, 1.54) is 0 Å². The van der Waals surface area contributed by atoms with Crippen molar-refractivity contribution in [1.29, 1.82) is 0 Å². The van der Waals surface area contributed by atoms with Crippen molar-refractivity contribution in [2.45, 2.75) is 18.9 Å². The molecule has 4 heterocycles. The van der Waals surface area contributed by atoms with Gasteiger partial charge in [-0.25, -0.2) is 9.97 Å². The number of carbonyl (C=O) groups is 1. The minimum Gasteiger partial charge on any atom is -0.379 e. The van der Waals surface area contributed by atoms with Crippen LogP contribution in [0.1, 0.15) is 12.8 Å². The van der Waals surface area contributed by atoms with Gasteiger partial charge in [0.2, 0.25) is 11.9 Å². The number of rotatable bonds is 5. The number of hydrogen-bond acceptors (Lipinski definition) is 7. The minimum atomic E-state index is 0. The zero-order valence-corrected chi connectivity index (χ0v) is 21.2. The molecule has 0 aliphatic carbocycles. The molecule has 3 aliphatic heterocycles. The Bertz CT molecular complexity index is 739. The molecule has 0 aromatic carbocycles. The predicted octanol–water partition coefficient (Wildman–Crippen LogP) is 0.115. The van der Waals surface area contributed by atoms with Crippen LogP contribution in [0.15, 0.2) is 23.5 Å². The summed E-state index contributed by atoms with van der Waals surface area (Å²) in [7, 11) is 1.82. The number of carbonyl (C=O) groups excluding carboxylic acids is 1.